The summed E-state index contributed by atoms with van der Waals surface area (Å²) < 4.78 is 10.6. The molecule has 0 saturated carbocycles. The number of nitrogens with zero attached hydrogens (tertiary/aromatic N) is 1. The second-order valence-electron chi connectivity index (χ2n) is 8.57. The number of amides is 1. The molecule has 3 aromatic carbocycles. The molecule has 8 nitrogen and oxygen atoms in total. The number of aryl methyl sites for hydroxylation is 1. The first-order valence-electron chi connectivity index (χ1n) is 11.7. The normalized spacial score (nSPS) is 16.6. The minimum absolute atomic E-state index is 0.0592. The molecule has 1 fully saturated rings. The van der Waals surface area contributed by atoms with E-state index in [2.05, 4.69) is 0 Å². The van der Waals surface area contributed by atoms with Gasteiger partial charge in [0.15, 0.2) is 11.5 Å². The topological polar surface area (TPSA) is 113 Å². The minimum Gasteiger partial charge on any atom is -0.507 e. The summed E-state index contributed by atoms with van der Waals surface area (Å²) in [5, 5.41) is 20.4. The van der Waals surface area contributed by atoms with E-state index >= 15 is 0 Å². The zero-order chi connectivity index (χ0) is 26.7. The van der Waals surface area contributed by atoms with E-state index in [-0.39, 0.29) is 17.8 Å². The van der Waals surface area contributed by atoms with Gasteiger partial charge < -0.3 is 19.7 Å². The number of rotatable bonds is 8. The summed E-state index contributed by atoms with van der Waals surface area (Å²) >= 11 is 0. The highest BCUT2D eigenvalue weighted by atomic mass is 16.5. The van der Waals surface area contributed by atoms with Gasteiger partial charge in [0.1, 0.15) is 5.76 Å². The van der Waals surface area contributed by atoms with E-state index in [0.29, 0.717) is 33.9 Å². The number of aliphatic carboxylic acids is 1. The van der Waals surface area contributed by atoms with Crippen molar-refractivity contribution in [3.8, 4) is 11.5 Å². The van der Waals surface area contributed by atoms with Gasteiger partial charge in [0.25, 0.3) is 11.7 Å². The number of ketones is 1. The number of methoxy groups -OCH3 is 2. The Morgan fingerprint density at radius 1 is 0.865 bits per heavy atom. The van der Waals surface area contributed by atoms with Crippen LogP contribution in [0.2, 0.25) is 0 Å². The van der Waals surface area contributed by atoms with Crippen LogP contribution >= 0.6 is 0 Å². The molecule has 1 atom stereocenters. The molecule has 1 aliphatic heterocycles. The first-order chi connectivity index (χ1) is 17.8. The van der Waals surface area contributed by atoms with E-state index in [0.717, 1.165) is 12.0 Å². The Bertz CT molecular complexity index is 1370. The molecule has 1 unspecified atom stereocenters. The molecule has 3 aromatic rings. The zero-order valence-electron chi connectivity index (χ0n) is 20.7. The summed E-state index contributed by atoms with van der Waals surface area (Å²) in [6.07, 6.45) is 0.650. The maximum absolute atomic E-state index is 13.4. The maximum atomic E-state index is 13.4. The molecule has 0 spiro atoms. The predicted molar refractivity (Wildman–Crippen MR) is 138 cm³/mol. The molecule has 190 valence electrons. The third-order valence-electron chi connectivity index (χ3n) is 6.37. The molecule has 2 N–H and O–H groups in total. The number of carboxylic acids is 1. The van der Waals surface area contributed by atoms with Crippen molar-refractivity contribution in [2.45, 2.75) is 25.8 Å². The van der Waals surface area contributed by atoms with Crippen LogP contribution in [0, 0.1) is 0 Å². The van der Waals surface area contributed by atoms with Crippen LogP contribution in [0.15, 0.2) is 72.3 Å². The summed E-state index contributed by atoms with van der Waals surface area (Å²) in [4.78, 5) is 39.1. The van der Waals surface area contributed by atoms with Crippen molar-refractivity contribution in [1.82, 2.24) is 0 Å². The SMILES string of the molecule is CCc1ccc(C2/C(=C(/O)c3ccc(OC)c(OC)c3)C(=O)C(=O)N2c2ccc(CC(=O)O)cc2)cc1. The second-order valence-corrected chi connectivity index (χ2v) is 8.57. The summed E-state index contributed by atoms with van der Waals surface area (Å²) in [5.74, 6) is -2.12. The van der Waals surface area contributed by atoms with Crippen molar-refractivity contribution in [2.24, 2.45) is 0 Å². The van der Waals surface area contributed by atoms with Crippen molar-refractivity contribution < 1.29 is 34.1 Å². The molecule has 1 heterocycles. The van der Waals surface area contributed by atoms with E-state index in [9.17, 15) is 19.5 Å². The summed E-state index contributed by atoms with van der Waals surface area (Å²) in [5.41, 5.74) is 2.93. The van der Waals surface area contributed by atoms with Crippen LogP contribution in [-0.4, -0.2) is 42.1 Å². The van der Waals surface area contributed by atoms with Crippen molar-refractivity contribution in [2.75, 3.05) is 19.1 Å². The lowest BCUT2D eigenvalue weighted by Crippen LogP contribution is -2.29. The number of hydrogen-bond acceptors (Lipinski definition) is 6. The molecule has 0 radical (unpaired) electrons. The lowest BCUT2D eigenvalue weighted by atomic mass is 9.94. The van der Waals surface area contributed by atoms with Gasteiger partial charge >= 0.3 is 5.97 Å². The Labute approximate surface area is 214 Å². The lowest BCUT2D eigenvalue weighted by molar-refractivity contribution is -0.136. The monoisotopic (exact) mass is 501 g/mol. The van der Waals surface area contributed by atoms with Crippen LogP contribution in [0.5, 0.6) is 11.5 Å². The molecule has 8 heteroatoms. The van der Waals surface area contributed by atoms with Crippen LogP contribution in [0.25, 0.3) is 5.76 Å². The Morgan fingerprint density at radius 2 is 1.49 bits per heavy atom. The van der Waals surface area contributed by atoms with Crippen molar-refractivity contribution in [3.05, 3.63) is 94.6 Å². The molecule has 0 bridgehead atoms. The van der Waals surface area contributed by atoms with E-state index in [1.165, 1.54) is 19.1 Å². The zero-order valence-corrected chi connectivity index (χ0v) is 20.7. The average molecular weight is 502 g/mol. The Balaban J connectivity index is 1.88. The molecular weight excluding hydrogens is 474 g/mol. The van der Waals surface area contributed by atoms with Crippen molar-refractivity contribution >= 4 is 29.1 Å². The quantitative estimate of drug-likeness (QED) is 0.265. The smallest absolute Gasteiger partial charge is 0.307 e. The van der Waals surface area contributed by atoms with Gasteiger partial charge in [-0.05, 0) is 53.4 Å². The van der Waals surface area contributed by atoms with Gasteiger partial charge in [0.2, 0.25) is 0 Å². The Kier molecular flexibility index (Phi) is 7.29. The summed E-state index contributed by atoms with van der Waals surface area (Å²) in [7, 11) is 2.95. The Morgan fingerprint density at radius 3 is 2.05 bits per heavy atom. The van der Waals surface area contributed by atoms with E-state index in [4.69, 9.17) is 14.6 Å². The average Bonchev–Trinajstić information content (AvgIpc) is 3.18. The van der Waals surface area contributed by atoms with Gasteiger partial charge in [0.05, 0.1) is 32.3 Å². The van der Waals surface area contributed by atoms with Gasteiger partial charge in [-0.2, -0.15) is 0 Å². The van der Waals surface area contributed by atoms with E-state index in [1.54, 1.807) is 42.5 Å². The lowest BCUT2D eigenvalue weighted by Gasteiger charge is -2.26. The highest BCUT2D eigenvalue weighted by Crippen LogP contribution is 2.43. The number of aliphatic hydroxyl groups is 1. The van der Waals surface area contributed by atoms with Gasteiger partial charge in [-0.15, -0.1) is 0 Å². The fourth-order valence-electron chi connectivity index (χ4n) is 4.44. The number of carbonyl (C=O) groups excluding carboxylic acids is 2. The molecule has 0 aliphatic carbocycles. The number of Topliss-reactive ketones (excluding diaryl/α,β-unsaturated/α-hetero) is 1. The van der Waals surface area contributed by atoms with Crippen LogP contribution < -0.4 is 14.4 Å². The molecule has 0 aromatic heterocycles. The highest BCUT2D eigenvalue weighted by molar-refractivity contribution is 6.51. The first kappa shape index (κ1) is 25.5. The van der Waals surface area contributed by atoms with Gasteiger partial charge in [-0.3, -0.25) is 19.3 Å². The van der Waals surface area contributed by atoms with Crippen molar-refractivity contribution in [1.29, 1.82) is 0 Å². The third kappa shape index (κ3) is 4.91. The number of benzene rings is 3. The number of hydrogen-bond donors (Lipinski definition) is 2. The first-order valence-corrected chi connectivity index (χ1v) is 11.7. The van der Waals surface area contributed by atoms with E-state index < -0.39 is 23.7 Å². The largest absolute Gasteiger partial charge is 0.507 e. The third-order valence-corrected chi connectivity index (χ3v) is 6.37. The molecule has 1 saturated heterocycles. The molecule has 4 rings (SSSR count). The second kappa shape index (κ2) is 10.6. The molecule has 37 heavy (non-hydrogen) atoms. The van der Waals surface area contributed by atoms with Crippen LogP contribution in [0.1, 0.15) is 35.2 Å². The van der Waals surface area contributed by atoms with Gasteiger partial charge in [0, 0.05) is 11.3 Å². The van der Waals surface area contributed by atoms with Crippen LogP contribution in [0.4, 0.5) is 5.69 Å². The van der Waals surface area contributed by atoms with Gasteiger partial charge in [-0.1, -0.05) is 43.3 Å². The van der Waals surface area contributed by atoms with E-state index in [1.807, 2.05) is 31.2 Å². The number of aliphatic hydroxyl groups excluding tert-OH is 1. The number of ether oxygens (including phenoxy) is 2. The summed E-state index contributed by atoms with van der Waals surface area (Å²) in [6, 6.07) is 17.8. The van der Waals surface area contributed by atoms with Crippen LogP contribution in [0.3, 0.4) is 0 Å². The molecule has 1 aliphatic rings. The number of anilines is 1. The minimum atomic E-state index is -0.973. The highest BCUT2D eigenvalue weighted by Gasteiger charge is 2.47. The predicted octanol–water partition coefficient (Wildman–Crippen LogP) is 4.52. The van der Waals surface area contributed by atoms with Gasteiger partial charge in [-0.25, -0.2) is 0 Å². The number of carboxylic acid groups (broad SMARTS) is 1. The fourth-order valence-corrected chi connectivity index (χ4v) is 4.44. The molecular formula is C29H27NO7. The standard InChI is InChI=1S/C29H27NO7/c1-4-17-5-9-19(10-6-17)26-25(27(33)20-11-14-22(36-2)23(16-20)37-3)28(34)29(35)30(26)21-12-7-18(8-13-21)15-24(31)32/h5-14,16,26,33H,4,15H2,1-3H3,(H,31,32)/b27-25-. The molecule has 1 amide bonds. The Hall–Kier alpha value is -4.59. The van der Waals surface area contributed by atoms with Crippen LogP contribution in [-0.2, 0) is 27.2 Å². The number of carbonyl (C=O) groups is 3. The van der Waals surface area contributed by atoms with Crippen molar-refractivity contribution in [3.63, 3.8) is 0 Å². The fraction of sp³-hybridized carbons (Fsp3) is 0.207. The maximum Gasteiger partial charge on any atom is 0.307 e. The summed E-state index contributed by atoms with van der Waals surface area (Å²) in [6.45, 7) is 2.02.